The second-order valence-electron chi connectivity index (χ2n) is 5.19. The SMILES string of the molecule is CCOP(=O)(CC(=O)Nc1ccn(C2CSC(CO)O2)c(=O)n1)OCC. The van der Waals surface area contributed by atoms with Gasteiger partial charge in [-0.2, -0.15) is 4.98 Å². The van der Waals surface area contributed by atoms with Crippen LogP contribution in [0.3, 0.4) is 0 Å². The van der Waals surface area contributed by atoms with E-state index in [-0.39, 0.29) is 31.1 Å². The van der Waals surface area contributed by atoms with Gasteiger partial charge in [-0.05, 0) is 19.9 Å². The van der Waals surface area contributed by atoms with Crippen LogP contribution in [0.2, 0.25) is 0 Å². The lowest BCUT2D eigenvalue weighted by Crippen LogP contribution is -2.30. The Kier molecular flexibility index (Phi) is 7.81. The van der Waals surface area contributed by atoms with E-state index >= 15 is 0 Å². The summed E-state index contributed by atoms with van der Waals surface area (Å²) in [5.41, 5.74) is -0.984. The second-order valence-corrected chi connectivity index (χ2v) is 8.44. The molecule has 1 aliphatic heterocycles. The first-order valence-electron chi connectivity index (χ1n) is 8.06. The molecule has 2 atom stereocenters. The molecule has 0 aromatic carbocycles. The number of hydrogen-bond donors (Lipinski definition) is 2. The lowest BCUT2D eigenvalue weighted by Gasteiger charge is -2.16. The monoisotopic (exact) mass is 407 g/mol. The molecule has 2 unspecified atom stereocenters. The summed E-state index contributed by atoms with van der Waals surface area (Å²) >= 11 is 1.40. The Hall–Kier alpha value is -1.23. The van der Waals surface area contributed by atoms with Crippen molar-refractivity contribution in [3.63, 3.8) is 0 Å². The van der Waals surface area contributed by atoms with Gasteiger partial charge < -0.3 is 24.2 Å². The van der Waals surface area contributed by atoms with Gasteiger partial charge in [0.25, 0.3) is 0 Å². The minimum atomic E-state index is -3.53. The number of thioether (sulfide) groups is 1. The van der Waals surface area contributed by atoms with Crippen LogP contribution < -0.4 is 11.0 Å². The van der Waals surface area contributed by atoms with Crippen LogP contribution in [0.25, 0.3) is 0 Å². The molecule has 0 spiro atoms. The second kappa shape index (κ2) is 9.63. The number of hydrogen-bond acceptors (Lipinski definition) is 9. The van der Waals surface area contributed by atoms with Crippen molar-refractivity contribution in [2.24, 2.45) is 0 Å². The number of aromatic nitrogens is 2. The molecule has 0 saturated carbocycles. The number of amides is 1. The Bertz CT molecular complexity index is 719. The van der Waals surface area contributed by atoms with Crippen LogP contribution in [-0.2, 0) is 23.1 Å². The molecule has 0 aliphatic carbocycles. The Morgan fingerprint density at radius 3 is 2.73 bits per heavy atom. The molecule has 1 amide bonds. The number of rotatable bonds is 9. The molecule has 0 radical (unpaired) electrons. The molecule has 1 saturated heterocycles. The zero-order chi connectivity index (χ0) is 19.2. The van der Waals surface area contributed by atoms with Gasteiger partial charge >= 0.3 is 13.3 Å². The predicted octanol–water partition coefficient (Wildman–Crippen LogP) is 1.03. The average molecular weight is 407 g/mol. The summed E-state index contributed by atoms with van der Waals surface area (Å²) in [5.74, 6) is -0.0993. The molecule has 12 heteroatoms. The first-order valence-corrected chi connectivity index (χ1v) is 10.8. The van der Waals surface area contributed by atoms with Crippen LogP contribution in [0.15, 0.2) is 17.1 Å². The van der Waals surface area contributed by atoms with Crippen LogP contribution in [0, 0.1) is 0 Å². The van der Waals surface area contributed by atoms with Gasteiger partial charge in [0.05, 0.1) is 19.8 Å². The van der Waals surface area contributed by atoms with E-state index in [1.165, 1.54) is 28.6 Å². The zero-order valence-corrected chi connectivity index (χ0v) is 16.2. The molecule has 10 nitrogen and oxygen atoms in total. The van der Waals surface area contributed by atoms with Crippen molar-refractivity contribution < 1.29 is 28.3 Å². The summed E-state index contributed by atoms with van der Waals surface area (Å²) < 4.78 is 29.2. The van der Waals surface area contributed by atoms with Crippen LogP contribution in [0.1, 0.15) is 20.1 Å². The minimum Gasteiger partial charge on any atom is -0.393 e. The van der Waals surface area contributed by atoms with Crippen molar-refractivity contribution >= 4 is 31.1 Å². The van der Waals surface area contributed by atoms with E-state index in [1.54, 1.807) is 13.8 Å². The molecular weight excluding hydrogens is 385 g/mol. The van der Waals surface area contributed by atoms with Gasteiger partial charge in [-0.15, -0.1) is 11.8 Å². The van der Waals surface area contributed by atoms with Gasteiger partial charge in [0.2, 0.25) is 5.91 Å². The maximum atomic E-state index is 12.3. The number of nitrogens with zero attached hydrogens (tertiary/aromatic N) is 2. The maximum absolute atomic E-state index is 12.3. The van der Waals surface area contributed by atoms with Crippen molar-refractivity contribution in [1.82, 2.24) is 9.55 Å². The number of carbonyl (C=O) groups is 1. The normalized spacial score (nSPS) is 20.3. The van der Waals surface area contributed by atoms with E-state index in [4.69, 9.17) is 18.9 Å². The maximum Gasteiger partial charge on any atom is 0.351 e. The van der Waals surface area contributed by atoms with E-state index in [2.05, 4.69) is 10.3 Å². The van der Waals surface area contributed by atoms with Crippen LogP contribution in [0.4, 0.5) is 5.82 Å². The van der Waals surface area contributed by atoms with Gasteiger partial charge in [0, 0.05) is 11.9 Å². The van der Waals surface area contributed by atoms with Crippen LogP contribution in [-0.4, -0.2) is 57.7 Å². The summed E-state index contributed by atoms with van der Waals surface area (Å²) in [6.07, 6.45) is 0.443. The Labute approximate surface area is 154 Å². The zero-order valence-electron chi connectivity index (χ0n) is 14.5. The van der Waals surface area contributed by atoms with E-state index in [0.29, 0.717) is 5.75 Å². The number of ether oxygens (including phenoxy) is 1. The summed E-state index contributed by atoms with van der Waals surface area (Å²) in [6.45, 7) is 3.45. The van der Waals surface area contributed by atoms with E-state index in [9.17, 15) is 14.2 Å². The van der Waals surface area contributed by atoms with Crippen molar-refractivity contribution in [3.8, 4) is 0 Å². The smallest absolute Gasteiger partial charge is 0.351 e. The van der Waals surface area contributed by atoms with Crippen molar-refractivity contribution in [2.75, 3.05) is 37.1 Å². The lowest BCUT2D eigenvalue weighted by molar-refractivity contribution is -0.114. The third-order valence-corrected chi connectivity index (χ3v) is 6.37. The fourth-order valence-corrected chi connectivity index (χ4v) is 4.67. The first-order chi connectivity index (χ1) is 12.4. The van der Waals surface area contributed by atoms with E-state index in [0.717, 1.165) is 0 Å². The average Bonchev–Trinajstić information content (AvgIpc) is 3.03. The summed E-state index contributed by atoms with van der Waals surface area (Å²) in [6, 6.07) is 1.44. The molecule has 26 heavy (non-hydrogen) atoms. The number of nitrogens with one attached hydrogen (secondary N) is 1. The lowest BCUT2D eigenvalue weighted by atomic mass is 10.5. The largest absolute Gasteiger partial charge is 0.393 e. The summed E-state index contributed by atoms with van der Waals surface area (Å²) in [7, 11) is -3.53. The molecule has 146 valence electrons. The fourth-order valence-electron chi connectivity index (χ4n) is 2.27. The van der Waals surface area contributed by atoms with Gasteiger partial charge in [0.15, 0.2) is 0 Å². The van der Waals surface area contributed by atoms with E-state index in [1.807, 2.05) is 0 Å². The topological polar surface area (TPSA) is 129 Å². The van der Waals surface area contributed by atoms with Crippen molar-refractivity contribution in [3.05, 3.63) is 22.7 Å². The van der Waals surface area contributed by atoms with Crippen LogP contribution in [0.5, 0.6) is 0 Å². The van der Waals surface area contributed by atoms with Gasteiger partial charge in [-0.3, -0.25) is 13.9 Å². The Morgan fingerprint density at radius 2 is 2.19 bits per heavy atom. The van der Waals surface area contributed by atoms with Gasteiger partial charge in [0.1, 0.15) is 23.6 Å². The summed E-state index contributed by atoms with van der Waals surface area (Å²) in [5, 5.41) is 11.5. The molecule has 1 aromatic rings. The highest BCUT2D eigenvalue weighted by Gasteiger charge is 2.29. The number of aliphatic hydroxyl groups excluding tert-OH is 1. The Morgan fingerprint density at radius 1 is 1.50 bits per heavy atom. The highest BCUT2D eigenvalue weighted by atomic mass is 32.2. The predicted molar refractivity (Wildman–Crippen MR) is 96.3 cm³/mol. The van der Waals surface area contributed by atoms with Gasteiger partial charge in [-0.25, -0.2) is 4.79 Å². The molecule has 1 aliphatic rings. The summed E-state index contributed by atoms with van der Waals surface area (Å²) in [4.78, 5) is 28.0. The fraction of sp³-hybridized carbons (Fsp3) is 0.643. The van der Waals surface area contributed by atoms with E-state index < -0.39 is 31.6 Å². The number of aliphatic hydroxyl groups is 1. The molecule has 2 heterocycles. The van der Waals surface area contributed by atoms with Crippen molar-refractivity contribution in [2.45, 2.75) is 25.5 Å². The third-order valence-electron chi connectivity index (χ3n) is 3.28. The quantitative estimate of drug-likeness (QED) is 0.577. The third kappa shape index (κ3) is 5.63. The molecule has 2 rings (SSSR count). The minimum absolute atomic E-state index is 0.0279. The molecule has 1 aromatic heterocycles. The number of anilines is 1. The first kappa shape index (κ1) is 21.1. The molecule has 0 bridgehead atoms. The standard InChI is InChI=1S/C14H22N3O7PS/c1-3-22-25(21,23-4-2)8-11(19)15-10-5-6-17(14(20)16-10)12-9-26-13(7-18)24-12/h5-6,12-13,18H,3-4,7-9H2,1-2H3,(H,15,16,19,20). The molecular formula is C14H22N3O7PS. The molecule has 2 N–H and O–H groups in total. The molecule has 1 fully saturated rings. The van der Waals surface area contributed by atoms with Crippen molar-refractivity contribution in [1.29, 1.82) is 0 Å². The van der Waals surface area contributed by atoms with Gasteiger partial charge in [-0.1, -0.05) is 0 Å². The van der Waals surface area contributed by atoms with Crippen LogP contribution >= 0.6 is 19.4 Å². The highest BCUT2D eigenvalue weighted by Crippen LogP contribution is 2.47. The highest BCUT2D eigenvalue weighted by molar-refractivity contribution is 8.00. The Balaban J connectivity index is 2.02. The number of carbonyl (C=O) groups excluding carboxylic acids is 1.